The molecule has 0 amide bonds. The van der Waals surface area contributed by atoms with Crippen LogP contribution in [-0.2, 0) is 6.54 Å². The average Bonchev–Trinajstić information content (AvgIpc) is 2.65. The summed E-state index contributed by atoms with van der Waals surface area (Å²) in [5, 5.41) is 14.8. The van der Waals surface area contributed by atoms with Gasteiger partial charge in [-0.3, -0.25) is 0 Å². The van der Waals surface area contributed by atoms with Crippen molar-refractivity contribution >= 4 is 17.6 Å². The molecule has 0 spiro atoms. The van der Waals surface area contributed by atoms with Crippen LogP contribution < -0.4 is 5.73 Å². The lowest BCUT2D eigenvalue weighted by Gasteiger charge is -2.05. The van der Waals surface area contributed by atoms with Crippen molar-refractivity contribution in [1.29, 1.82) is 5.26 Å². The highest BCUT2D eigenvalue weighted by molar-refractivity contribution is 8.03. The minimum Gasteiger partial charge on any atom is -0.383 e. The smallest absolute Gasteiger partial charge is 0.138 e. The molecule has 2 N–H and O–H groups in total. The lowest BCUT2D eigenvalue weighted by molar-refractivity contribution is 0.696. The fourth-order valence-electron chi connectivity index (χ4n) is 1.50. The predicted molar refractivity (Wildman–Crippen MR) is 68.4 cm³/mol. The van der Waals surface area contributed by atoms with Crippen LogP contribution in [-0.4, -0.2) is 9.78 Å². The van der Waals surface area contributed by atoms with E-state index in [1.54, 1.807) is 10.9 Å². The van der Waals surface area contributed by atoms with E-state index < -0.39 is 0 Å². The van der Waals surface area contributed by atoms with Gasteiger partial charge in [-0.1, -0.05) is 29.8 Å². The Morgan fingerprint density at radius 1 is 1.41 bits per heavy atom. The van der Waals surface area contributed by atoms with Crippen LogP contribution in [0, 0.1) is 17.6 Å². The van der Waals surface area contributed by atoms with Crippen molar-refractivity contribution in [2.45, 2.75) is 18.4 Å². The minimum absolute atomic E-state index is 0.539. The molecule has 0 aliphatic carbocycles. The van der Waals surface area contributed by atoms with Crippen molar-refractivity contribution in [3.63, 3.8) is 0 Å². The maximum Gasteiger partial charge on any atom is 0.138 e. The third-order valence-corrected chi connectivity index (χ3v) is 3.08. The van der Waals surface area contributed by atoms with Gasteiger partial charge in [0, 0.05) is 0 Å². The number of nitrogen functional groups attached to an aromatic ring is 1. The quantitative estimate of drug-likeness (QED) is 0.665. The second-order valence-electron chi connectivity index (χ2n) is 3.73. The molecule has 0 saturated carbocycles. The second-order valence-corrected chi connectivity index (χ2v) is 4.56. The molecular formula is C12H12N4S. The van der Waals surface area contributed by atoms with Gasteiger partial charge in [0.15, 0.2) is 0 Å². The van der Waals surface area contributed by atoms with Crippen LogP contribution in [0.25, 0.3) is 0 Å². The minimum atomic E-state index is 0.539. The number of hydrogen-bond donors (Lipinski definition) is 1. The van der Waals surface area contributed by atoms with Crippen LogP contribution >= 0.6 is 11.8 Å². The van der Waals surface area contributed by atoms with Gasteiger partial charge in [-0.05, 0) is 24.2 Å². The third kappa shape index (κ3) is 2.60. The molecule has 1 aromatic heterocycles. The summed E-state index contributed by atoms with van der Waals surface area (Å²) in [4.78, 5) is 0.708. The Hall–Kier alpha value is -1.93. The summed E-state index contributed by atoms with van der Waals surface area (Å²) in [6.07, 6.45) is 1.62. The zero-order chi connectivity index (χ0) is 12.3. The van der Waals surface area contributed by atoms with E-state index in [2.05, 4.69) is 17.2 Å². The number of hydrogen-bond acceptors (Lipinski definition) is 4. The number of thiocyanates is 1. The summed E-state index contributed by atoms with van der Waals surface area (Å²) in [7, 11) is 0. The molecule has 2 aromatic rings. The van der Waals surface area contributed by atoms with Gasteiger partial charge in [-0.15, -0.1) is 0 Å². The Balaban J connectivity index is 2.19. The zero-order valence-corrected chi connectivity index (χ0v) is 10.2. The van der Waals surface area contributed by atoms with Gasteiger partial charge in [-0.2, -0.15) is 10.4 Å². The maximum absolute atomic E-state index is 8.59. The summed E-state index contributed by atoms with van der Waals surface area (Å²) in [5.41, 5.74) is 8.26. The van der Waals surface area contributed by atoms with Crippen LogP contribution in [0.2, 0.25) is 0 Å². The van der Waals surface area contributed by atoms with E-state index in [9.17, 15) is 0 Å². The summed E-state index contributed by atoms with van der Waals surface area (Å²) >= 11 is 1.03. The SMILES string of the molecule is Cc1ccc(Cn2ncc(SC#N)c2N)cc1. The van der Waals surface area contributed by atoms with Gasteiger partial charge >= 0.3 is 0 Å². The molecule has 0 saturated heterocycles. The molecule has 86 valence electrons. The normalized spacial score (nSPS) is 10.1. The topological polar surface area (TPSA) is 67.6 Å². The van der Waals surface area contributed by atoms with Crippen molar-refractivity contribution < 1.29 is 0 Å². The van der Waals surface area contributed by atoms with Crippen molar-refractivity contribution in [1.82, 2.24) is 9.78 Å². The van der Waals surface area contributed by atoms with Crippen LogP contribution in [0.3, 0.4) is 0 Å². The number of nitrogens with zero attached hydrogens (tertiary/aromatic N) is 3. The van der Waals surface area contributed by atoms with Crippen LogP contribution in [0.4, 0.5) is 5.82 Å². The number of rotatable bonds is 3. The Morgan fingerprint density at radius 2 is 2.12 bits per heavy atom. The lowest BCUT2D eigenvalue weighted by Crippen LogP contribution is -2.05. The van der Waals surface area contributed by atoms with Crippen LogP contribution in [0.15, 0.2) is 35.4 Å². The number of anilines is 1. The van der Waals surface area contributed by atoms with Gasteiger partial charge in [0.1, 0.15) is 11.2 Å². The van der Waals surface area contributed by atoms with E-state index in [4.69, 9.17) is 11.0 Å². The highest BCUT2D eigenvalue weighted by Crippen LogP contribution is 2.23. The van der Waals surface area contributed by atoms with Crippen molar-refractivity contribution in [3.8, 4) is 5.40 Å². The zero-order valence-electron chi connectivity index (χ0n) is 9.42. The van der Waals surface area contributed by atoms with Gasteiger partial charge in [0.2, 0.25) is 0 Å². The molecule has 0 bridgehead atoms. The fraction of sp³-hybridized carbons (Fsp3) is 0.167. The van der Waals surface area contributed by atoms with Gasteiger partial charge in [-0.25, -0.2) is 4.68 Å². The largest absolute Gasteiger partial charge is 0.383 e. The Bertz CT molecular complexity index is 551. The van der Waals surface area contributed by atoms with E-state index in [-0.39, 0.29) is 0 Å². The molecular weight excluding hydrogens is 232 g/mol. The van der Waals surface area contributed by atoms with Crippen LogP contribution in [0.5, 0.6) is 0 Å². The molecule has 0 fully saturated rings. The first-order chi connectivity index (χ1) is 8.20. The number of thioether (sulfide) groups is 1. The number of nitriles is 1. The number of nitrogens with two attached hydrogens (primary N) is 1. The first-order valence-electron chi connectivity index (χ1n) is 5.13. The van der Waals surface area contributed by atoms with Crippen LogP contribution in [0.1, 0.15) is 11.1 Å². The molecule has 0 unspecified atom stereocenters. The van der Waals surface area contributed by atoms with E-state index >= 15 is 0 Å². The monoisotopic (exact) mass is 244 g/mol. The number of benzene rings is 1. The molecule has 0 atom stereocenters. The van der Waals surface area contributed by atoms with E-state index in [1.165, 1.54) is 5.56 Å². The Kier molecular flexibility index (Phi) is 3.35. The average molecular weight is 244 g/mol. The van der Waals surface area contributed by atoms with Gasteiger partial charge in [0.05, 0.1) is 17.6 Å². The van der Waals surface area contributed by atoms with Crippen molar-refractivity contribution in [2.24, 2.45) is 0 Å². The Morgan fingerprint density at radius 3 is 2.76 bits per heavy atom. The lowest BCUT2D eigenvalue weighted by atomic mass is 10.1. The molecule has 4 nitrogen and oxygen atoms in total. The second kappa shape index (κ2) is 4.93. The molecule has 17 heavy (non-hydrogen) atoms. The fourth-order valence-corrected chi connectivity index (χ4v) is 1.91. The van der Waals surface area contributed by atoms with Gasteiger partial charge < -0.3 is 5.73 Å². The van der Waals surface area contributed by atoms with E-state index in [0.717, 1.165) is 17.3 Å². The summed E-state index contributed by atoms with van der Waals surface area (Å²) in [5.74, 6) is 0.539. The molecule has 0 radical (unpaired) electrons. The molecule has 1 heterocycles. The van der Waals surface area contributed by atoms with E-state index in [1.807, 2.05) is 24.5 Å². The van der Waals surface area contributed by atoms with Gasteiger partial charge in [0.25, 0.3) is 0 Å². The summed E-state index contributed by atoms with van der Waals surface area (Å²) in [6, 6.07) is 8.21. The molecule has 0 aliphatic rings. The standard InChI is InChI=1S/C12H12N4S/c1-9-2-4-10(5-3-9)7-16-12(14)11(6-15-16)17-8-13/h2-6H,7,14H2,1H3. The third-order valence-electron chi connectivity index (χ3n) is 2.45. The predicted octanol–water partition coefficient (Wildman–Crippen LogP) is 2.40. The number of aromatic nitrogens is 2. The Labute approximate surface area is 104 Å². The highest BCUT2D eigenvalue weighted by Gasteiger charge is 2.07. The number of aryl methyl sites for hydroxylation is 1. The highest BCUT2D eigenvalue weighted by atomic mass is 32.2. The van der Waals surface area contributed by atoms with Crippen molar-refractivity contribution in [2.75, 3.05) is 5.73 Å². The maximum atomic E-state index is 8.59. The summed E-state index contributed by atoms with van der Waals surface area (Å²) < 4.78 is 1.70. The van der Waals surface area contributed by atoms with Crippen molar-refractivity contribution in [3.05, 3.63) is 41.6 Å². The molecule has 1 aromatic carbocycles. The first kappa shape index (κ1) is 11.6. The molecule has 2 rings (SSSR count). The van der Waals surface area contributed by atoms with E-state index in [0.29, 0.717) is 17.3 Å². The first-order valence-corrected chi connectivity index (χ1v) is 5.95. The summed E-state index contributed by atoms with van der Waals surface area (Å²) in [6.45, 7) is 2.67. The molecule has 5 heteroatoms. The molecule has 0 aliphatic heterocycles.